The van der Waals surface area contributed by atoms with Crippen molar-refractivity contribution in [3.05, 3.63) is 40.8 Å². The molecule has 20 heavy (non-hydrogen) atoms. The number of fused-ring (bicyclic) bond motifs is 1. The van der Waals surface area contributed by atoms with E-state index < -0.39 is 0 Å². The molecule has 0 spiro atoms. The molecule has 0 unspecified atom stereocenters. The number of ether oxygens (including phenoxy) is 1. The predicted octanol–water partition coefficient (Wildman–Crippen LogP) is 2.10. The first-order valence-corrected chi connectivity index (χ1v) is 6.45. The van der Waals surface area contributed by atoms with E-state index >= 15 is 0 Å². The van der Waals surface area contributed by atoms with Gasteiger partial charge in [-0.1, -0.05) is 19.1 Å². The molecule has 6 nitrogen and oxygen atoms in total. The van der Waals surface area contributed by atoms with Gasteiger partial charge in [-0.3, -0.25) is 9.89 Å². The van der Waals surface area contributed by atoms with Gasteiger partial charge in [-0.2, -0.15) is 5.10 Å². The van der Waals surface area contributed by atoms with Gasteiger partial charge < -0.3 is 9.72 Å². The summed E-state index contributed by atoms with van der Waals surface area (Å²) in [7, 11) is 0. The minimum absolute atomic E-state index is 0.243. The summed E-state index contributed by atoms with van der Waals surface area (Å²) in [6.07, 6.45) is 2.45. The van der Waals surface area contributed by atoms with Gasteiger partial charge in [-0.25, -0.2) is 4.98 Å². The molecule has 0 saturated carbocycles. The molecule has 0 fully saturated rings. The lowest BCUT2D eigenvalue weighted by molar-refractivity contribution is 0.318. The number of rotatable bonds is 4. The smallest absolute Gasteiger partial charge is 0.277 e. The monoisotopic (exact) mass is 270 g/mol. The second-order valence-electron chi connectivity index (χ2n) is 4.39. The Labute approximate surface area is 114 Å². The highest BCUT2D eigenvalue weighted by molar-refractivity contribution is 5.76. The molecule has 2 heterocycles. The third-order valence-corrected chi connectivity index (χ3v) is 2.91. The first-order chi connectivity index (χ1) is 9.79. The molecule has 3 rings (SSSR count). The molecule has 3 aromatic rings. The Bertz CT molecular complexity index is 791. The second-order valence-corrected chi connectivity index (χ2v) is 4.39. The Hall–Kier alpha value is -2.63. The zero-order valence-electron chi connectivity index (χ0n) is 11.0. The Kier molecular flexibility index (Phi) is 3.20. The molecule has 0 aliphatic rings. The van der Waals surface area contributed by atoms with Crippen LogP contribution in [-0.2, 0) is 0 Å². The Morgan fingerprint density at radius 3 is 3.00 bits per heavy atom. The van der Waals surface area contributed by atoms with Gasteiger partial charge in [0.25, 0.3) is 5.56 Å². The average Bonchev–Trinajstić information content (AvgIpc) is 2.94. The normalized spacial score (nSPS) is 10.8. The number of benzene rings is 1. The number of nitrogens with one attached hydrogen (secondary N) is 2. The van der Waals surface area contributed by atoms with Gasteiger partial charge in [0, 0.05) is 0 Å². The second kappa shape index (κ2) is 5.16. The van der Waals surface area contributed by atoms with Crippen LogP contribution in [0, 0.1) is 0 Å². The van der Waals surface area contributed by atoms with E-state index in [1.165, 1.54) is 6.20 Å². The zero-order valence-corrected chi connectivity index (χ0v) is 11.0. The van der Waals surface area contributed by atoms with E-state index in [2.05, 4.69) is 20.2 Å². The maximum absolute atomic E-state index is 12.0. The molecule has 102 valence electrons. The number of hydrogen-bond acceptors (Lipinski definition) is 4. The van der Waals surface area contributed by atoms with Crippen LogP contribution in [0.1, 0.15) is 13.3 Å². The summed E-state index contributed by atoms with van der Waals surface area (Å²) >= 11 is 0. The molecule has 2 aromatic heterocycles. The summed E-state index contributed by atoms with van der Waals surface area (Å²) in [5.74, 6) is 1.19. The van der Waals surface area contributed by atoms with Crippen LogP contribution >= 0.6 is 0 Å². The molecule has 0 amide bonds. The summed E-state index contributed by atoms with van der Waals surface area (Å²) < 4.78 is 5.69. The van der Waals surface area contributed by atoms with Crippen LogP contribution in [0.2, 0.25) is 0 Å². The predicted molar refractivity (Wildman–Crippen MR) is 75.7 cm³/mol. The van der Waals surface area contributed by atoms with Crippen molar-refractivity contribution in [1.82, 2.24) is 20.2 Å². The lowest BCUT2D eigenvalue weighted by Crippen LogP contribution is -2.10. The number of hydrogen-bond donors (Lipinski definition) is 2. The van der Waals surface area contributed by atoms with Crippen molar-refractivity contribution in [2.24, 2.45) is 0 Å². The van der Waals surface area contributed by atoms with Crippen molar-refractivity contribution >= 4 is 11.0 Å². The number of aromatic amines is 2. The fourth-order valence-corrected chi connectivity index (χ4v) is 1.98. The molecule has 0 atom stereocenters. The van der Waals surface area contributed by atoms with Crippen LogP contribution in [0.5, 0.6) is 5.75 Å². The van der Waals surface area contributed by atoms with Crippen LogP contribution in [0.4, 0.5) is 0 Å². The Balaban J connectivity index is 2.12. The minimum Gasteiger partial charge on any atom is -0.493 e. The number of para-hydroxylation sites is 1. The molecule has 6 heteroatoms. The van der Waals surface area contributed by atoms with Gasteiger partial charge in [0.2, 0.25) is 0 Å². The maximum atomic E-state index is 12.0. The van der Waals surface area contributed by atoms with Crippen LogP contribution in [-0.4, -0.2) is 26.8 Å². The van der Waals surface area contributed by atoms with E-state index in [0.717, 1.165) is 12.0 Å². The highest BCUT2D eigenvalue weighted by Gasteiger charge is 2.11. The fourth-order valence-electron chi connectivity index (χ4n) is 1.98. The van der Waals surface area contributed by atoms with Crippen LogP contribution < -0.4 is 10.3 Å². The van der Waals surface area contributed by atoms with Crippen LogP contribution in [0.15, 0.2) is 35.3 Å². The molecule has 0 aliphatic carbocycles. The molecule has 0 radical (unpaired) electrons. The van der Waals surface area contributed by atoms with E-state index in [9.17, 15) is 4.79 Å². The van der Waals surface area contributed by atoms with Gasteiger partial charge in [0.05, 0.1) is 18.4 Å². The molecule has 0 saturated heterocycles. The van der Waals surface area contributed by atoms with Gasteiger partial charge >= 0.3 is 0 Å². The van der Waals surface area contributed by atoms with Crippen molar-refractivity contribution in [1.29, 1.82) is 0 Å². The number of H-pyrrole nitrogens is 2. The largest absolute Gasteiger partial charge is 0.493 e. The SMILES string of the molecule is CCCOc1ccccc1-c1nc2cn[nH]c2c(=O)[nH]1. The average molecular weight is 270 g/mol. The van der Waals surface area contributed by atoms with Crippen molar-refractivity contribution in [3.8, 4) is 17.1 Å². The minimum atomic E-state index is -0.243. The topological polar surface area (TPSA) is 83.7 Å². The maximum Gasteiger partial charge on any atom is 0.277 e. The summed E-state index contributed by atoms with van der Waals surface area (Å²) in [6.45, 7) is 2.66. The van der Waals surface area contributed by atoms with E-state index in [4.69, 9.17) is 4.74 Å². The molecular weight excluding hydrogens is 256 g/mol. The summed E-state index contributed by atoms with van der Waals surface area (Å²) in [5, 5.41) is 6.46. The first kappa shape index (κ1) is 12.4. The first-order valence-electron chi connectivity index (χ1n) is 6.45. The van der Waals surface area contributed by atoms with Gasteiger partial charge in [-0.15, -0.1) is 0 Å². The summed E-state index contributed by atoms with van der Waals surface area (Å²) in [5.41, 5.74) is 1.43. The quantitative estimate of drug-likeness (QED) is 0.760. The van der Waals surface area contributed by atoms with Crippen LogP contribution in [0.25, 0.3) is 22.4 Å². The summed E-state index contributed by atoms with van der Waals surface area (Å²) in [6, 6.07) is 7.51. The van der Waals surface area contributed by atoms with Crippen molar-refractivity contribution in [3.63, 3.8) is 0 Å². The fraction of sp³-hybridized carbons (Fsp3) is 0.214. The molecule has 0 aliphatic heterocycles. The Morgan fingerprint density at radius 2 is 2.15 bits per heavy atom. The van der Waals surface area contributed by atoms with Crippen LogP contribution in [0.3, 0.4) is 0 Å². The highest BCUT2D eigenvalue weighted by atomic mass is 16.5. The zero-order chi connectivity index (χ0) is 13.9. The van der Waals surface area contributed by atoms with Gasteiger partial charge in [0.1, 0.15) is 22.6 Å². The van der Waals surface area contributed by atoms with Gasteiger partial charge in [-0.05, 0) is 18.6 Å². The molecular formula is C14H14N4O2. The lowest BCUT2D eigenvalue weighted by Gasteiger charge is -2.09. The van der Waals surface area contributed by atoms with E-state index in [1.807, 2.05) is 31.2 Å². The molecule has 1 aromatic carbocycles. The van der Waals surface area contributed by atoms with Crippen molar-refractivity contribution in [2.45, 2.75) is 13.3 Å². The Morgan fingerprint density at radius 1 is 1.30 bits per heavy atom. The number of aromatic nitrogens is 4. The van der Waals surface area contributed by atoms with E-state index in [1.54, 1.807) is 0 Å². The van der Waals surface area contributed by atoms with E-state index in [-0.39, 0.29) is 5.56 Å². The highest BCUT2D eigenvalue weighted by Crippen LogP contribution is 2.27. The van der Waals surface area contributed by atoms with Crippen molar-refractivity contribution in [2.75, 3.05) is 6.61 Å². The lowest BCUT2D eigenvalue weighted by atomic mass is 10.2. The third kappa shape index (κ3) is 2.16. The van der Waals surface area contributed by atoms with Crippen molar-refractivity contribution < 1.29 is 4.74 Å². The molecule has 0 bridgehead atoms. The number of nitrogens with zero attached hydrogens (tertiary/aromatic N) is 2. The van der Waals surface area contributed by atoms with Gasteiger partial charge in [0.15, 0.2) is 0 Å². The third-order valence-electron chi connectivity index (χ3n) is 2.91. The van der Waals surface area contributed by atoms with E-state index in [0.29, 0.717) is 29.2 Å². The molecule has 2 N–H and O–H groups in total. The standard InChI is InChI=1S/C14H14N4O2/c1-2-7-20-11-6-4-3-5-9(11)13-16-10-8-15-18-12(10)14(19)17-13/h3-6,8H,2,7H2,1H3,(H,15,18)(H,16,17,19). The summed E-state index contributed by atoms with van der Waals surface area (Å²) in [4.78, 5) is 19.1.